The Bertz CT molecular complexity index is 597. The first kappa shape index (κ1) is 15.7. The maximum absolute atomic E-state index is 12.3. The summed E-state index contributed by atoms with van der Waals surface area (Å²) in [5.74, 6) is 0.133. The smallest absolute Gasteiger partial charge is 0.313 e. The van der Waals surface area contributed by atoms with E-state index in [0.29, 0.717) is 24.7 Å². The normalized spacial score (nSPS) is 19.1. The lowest BCUT2D eigenvalue weighted by Crippen LogP contribution is -2.37. The molecule has 1 aliphatic carbocycles. The Morgan fingerprint density at radius 2 is 2.09 bits per heavy atom. The van der Waals surface area contributed by atoms with E-state index in [2.05, 4.69) is 20.2 Å². The summed E-state index contributed by atoms with van der Waals surface area (Å²) in [6, 6.07) is 1.67. The van der Waals surface area contributed by atoms with Crippen molar-refractivity contribution in [1.29, 1.82) is 0 Å². The minimum atomic E-state index is -0.551. The van der Waals surface area contributed by atoms with Crippen molar-refractivity contribution in [3.05, 3.63) is 18.1 Å². The number of carbonyl (C=O) groups excluding carboxylic acids is 2. The van der Waals surface area contributed by atoms with Crippen LogP contribution in [0.3, 0.4) is 0 Å². The summed E-state index contributed by atoms with van der Waals surface area (Å²) in [5.41, 5.74) is -0.257. The quantitative estimate of drug-likeness (QED) is 0.763. The van der Waals surface area contributed by atoms with Gasteiger partial charge in [0, 0.05) is 25.7 Å². The number of esters is 1. The van der Waals surface area contributed by atoms with Crippen molar-refractivity contribution >= 4 is 17.7 Å². The van der Waals surface area contributed by atoms with E-state index in [1.54, 1.807) is 6.07 Å². The number of amides is 1. The van der Waals surface area contributed by atoms with Gasteiger partial charge < -0.3 is 19.7 Å². The van der Waals surface area contributed by atoms with Crippen LogP contribution in [0.25, 0.3) is 0 Å². The number of anilines is 1. The van der Waals surface area contributed by atoms with Crippen LogP contribution >= 0.6 is 0 Å². The van der Waals surface area contributed by atoms with Gasteiger partial charge in [-0.05, 0) is 12.8 Å². The highest BCUT2D eigenvalue weighted by atomic mass is 16.5. The molecule has 1 N–H and O–H groups in total. The first-order valence-corrected chi connectivity index (χ1v) is 7.66. The number of morpholine rings is 1. The second kappa shape index (κ2) is 6.49. The molecule has 8 heteroatoms. The summed E-state index contributed by atoms with van der Waals surface area (Å²) < 4.78 is 10.1. The largest absolute Gasteiger partial charge is 0.469 e. The lowest BCUT2D eigenvalue weighted by molar-refractivity contribution is -0.146. The number of nitrogens with zero attached hydrogens (tertiary/aromatic N) is 3. The molecule has 0 atom stereocenters. The van der Waals surface area contributed by atoms with Crippen LogP contribution in [-0.2, 0) is 14.3 Å². The fraction of sp³-hybridized carbons (Fsp3) is 0.600. The summed E-state index contributed by atoms with van der Waals surface area (Å²) in [6.07, 6.45) is 2.86. The standard InChI is InChI=1S/C15H20N4O4/c1-22-14(21)15(2-3-15)9-16-13(20)11-8-12(18-10-17-11)19-4-6-23-7-5-19/h8,10H,2-7,9H2,1H3,(H,16,20). The molecule has 1 aromatic heterocycles. The van der Waals surface area contributed by atoms with E-state index < -0.39 is 5.41 Å². The summed E-state index contributed by atoms with van der Waals surface area (Å²) in [7, 11) is 1.36. The van der Waals surface area contributed by atoms with Crippen LogP contribution in [0.2, 0.25) is 0 Å². The topological polar surface area (TPSA) is 93.7 Å². The molecule has 0 radical (unpaired) electrons. The van der Waals surface area contributed by atoms with Crippen LogP contribution in [0.5, 0.6) is 0 Å². The second-order valence-electron chi connectivity index (χ2n) is 5.82. The molecule has 3 rings (SSSR count). The van der Waals surface area contributed by atoms with Crippen molar-refractivity contribution in [3.63, 3.8) is 0 Å². The second-order valence-corrected chi connectivity index (χ2v) is 5.82. The first-order valence-electron chi connectivity index (χ1n) is 7.66. The average molecular weight is 320 g/mol. The van der Waals surface area contributed by atoms with Gasteiger partial charge in [0.05, 0.1) is 25.7 Å². The zero-order valence-electron chi connectivity index (χ0n) is 13.1. The summed E-state index contributed by atoms with van der Waals surface area (Å²) in [6.45, 7) is 3.04. The number of ether oxygens (including phenoxy) is 2. The summed E-state index contributed by atoms with van der Waals surface area (Å²) in [5, 5.41) is 2.77. The third-order valence-electron chi connectivity index (χ3n) is 4.28. The zero-order chi connectivity index (χ0) is 16.3. The van der Waals surface area contributed by atoms with Crippen LogP contribution < -0.4 is 10.2 Å². The Balaban J connectivity index is 1.62. The molecule has 2 aliphatic rings. The van der Waals surface area contributed by atoms with E-state index in [-0.39, 0.29) is 18.4 Å². The first-order chi connectivity index (χ1) is 11.1. The Labute approximate surface area is 134 Å². The highest BCUT2D eigenvalue weighted by Crippen LogP contribution is 2.46. The third-order valence-corrected chi connectivity index (χ3v) is 4.28. The van der Waals surface area contributed by atoms with Crippen molar-refractivity contribution in [3.8, 4) is 0 Å². The van der Waals surface area contributed by atoms with E-state index in [0.717, 1.165) is 25.9 Å². The van der Waals surface area contributed by atoms with Crippen molar-refractivity contribution in [2.24, 2.45) is 5.41 Å². The average Bonchev–Trinajstić information content (AvgIpc) is 3.41. The van der Waals surface area contributed by atoms with Crippen LogP contribution in [0.4, 0.5) is 5.82 Å². The van der Waals surface area contributed by atoms with Gasteiger partial charge in [-0.2, -0.15) is 0 Å². The van der Waals surface area contributed by atoms with Gasteiger partial charge in [0.2, 0.25) is 0 Å². The maximum atomic E-state index is 12.3. The molecule has 1 aromatic rings. The summed E-state index contributed by atoms with van der Waals surface area (Å²) >= 11 is 0. The molecule has 2 fully saturated rings. The molecule has 0 bridgehead atoms. The van der Waals surface area contributed by atoms with Crippen LogP contribution in [-0.4, -0.2) is 61.8 Å². The van der Waals surface area contributed by atoms with E-state index in [9.17, 15) is 9.59 Å². The van der Waals surface area contributed by atoms with Gasteiger partial charge >= 0.3 is 5.97 Å². The number of methoxy groups -OCH3 is 1. The van der Waals surface area contributed by atoms with Gasteiger partial charge in [-0.15, -0.1) is 0 Å². The van der Waals surface area contributed by atoms with Gasteiger partial charge in [-0.25, -0.2) is 9.97 Å². The predicted molar refractivity (Wildman–Crippen MR) is 81.1 cm³/mol. The molecule has 0 unspecified atom stereocenters. The number of hydrogen-bond acceptors (Lipinski definition) is 7. The monoisotopic (exact) mass is 320 g/mol. The number of carbonyl (C=O) groups is 2. The van der Waals surface area contributed by atoms with Gasteiger partial charge in [-0.3, -0.25) is 9.59 Å². The highest BCUT2D eigenvalue weighted by molar-refractivity contribution is 5.93. The van der Waals surface area contributed by atoms with E-state index in [4.69, 9.17) is 9.47 Å². The minimum absolute atomic E-state index is 0.269. The molecule has 0 aromatic carbocycles. The third kappa shape index (κ3) is 3.42. The maximum Gasteiger partial charge on any atom is 0.313 e. The molecule has 1 aliphatic heterocycles. The van der Waals surface area contributed by atoms with E-state index >= 15 is 0 Å². The van der Waals surface area contributed by atoms with Crippen LogP contribution in [0.1, 0.15) is 23.3 Å². The van der Waals surface area contributed by atoms with Gasteiger partial charge in [0.15, 0.2) is 0 Å². The highest BCUT2D eigenvalue weighted by Gasteiger charge is 2.51. The molecule has 1 amide bonds. The number of rotatable bonds is 5. The van der Waals surface area contributed by atoms with Gasteiger partial charge in [0.1, 0.15) is 17.8 Å². The fourth-order valence-electron chi connectivity index (χ4n) is 2.60. The summed E-state index contributed by atoms with van der Waals surface area (Å²) in [4.78, 5) is 34.2. The molecular formula is C15H20N4O4. The fourth-order valence-corrected chi connectivity index (χ4v) is 2.60. The molecule has 23 heavy (non-hydrogen) atoms. The lowest BCUT2D eigenvalue weighted by atomic mass is 10.1. The molecule has 1 saturated heterocycles. The van der Waals surface area contributed by atoms with Crippen molar-refractivity contribution in [1.82, 2.24) is 15.3 Å². The Morgan fingerprint density at radius 1 is 1.35 bits per heavy atom. The SMILES string of the molecule is COC(=O)C1(CNC(=O)c2cc(N3CCOCC3)ncn2)CC1. The predicted octanol–water partition coefficient (Wildman–Crippen LogP) is -0.00380. The molecular weight excluding hydrogens is 300 g/mol. The van der Waals surface area contributed by atoms with Gasteiger partial charge in [-0.1, -0.05) is 0 Å². The molecule has 0 spiro atoms. The Hall–Kier alpha value is -2.22. The Kier molecular flexibility index (Phi) is 4.42. The van der Waals surface area contributed by atoms with Gasteiger partial charge in [0.25, 0.3) is 5.91 Å². The number of hydrogen-bond donors (Lipinski definition) is 1. The van der Waals surface area contributed by atoms with E-state index in [1.807, 2.05) is 0 Å². The lowest BCUT2D eigenvalue weighted by Gasteiger charge is -2.27. The molecule has 2 heterocycles. The van der Waals surface area contributed by atoms with Crippen LogP contribution in [0.15, 0.2) is 12.4 Å². The number of nitrogens with one attached hydrogen (secondary N) is 1. The van der Waals surface area contributed by atoms with Crippen LogP contribution in [0, 0.1) is 5.41 Å². The minimum Gasteiger partial charge on any atom is -0.469 e. The Morgan fingerprint density at radius 3 is 2.74 bits per heavy atom. The molecule has 8 nitrogen and oxygen atoms in total. The van der Waals surface area contributed by atoms with Crippen molar-refractivity contribution < 1.29 is 19.1 Å². The molecule has 1 saturated carbocycles. The number of aromatic nitrogens is 2. The van der Waals surface area contributed by atoms with Crippen molar-refractivity contribution in [2.45, 2.75) is 12.8 Å². The van der Waals surface area contributed by atoms with Crippen molar-refractivity contribution in [2.75, 3.05) is 44.9 Å². The zero-order valence-corrected chi connectivity index (χ0v) is 13.1. The van der Waals surface area contributed by atoms with E-state index in [1.165, 1.54) is 13.4 Å². The molecule has 124 valence electrons.